The van der Waals surface area contributed by atoms with Gasteiger partial charge >= 0.3 is 6.18 Å². The third kappa shape index (κ3) is 4.44. The summed E-state index contributed by atoms with van der Waals surface area (Å²) in [6, 6.07) is 10.7. The number of fused-ring (bicyclic) bond motifs is 1. The summed E-state index contributed by atoms with van der Waals surface area (Å²) in [7, 11) is 0. The molecule has 1 atom stereocenters. The summed E-state index contributed by atoms with van der Waals surface area (Å²) >= 11 is 1.39. The summed E-state index contributed by atoms with van der Waals surface area (Å²) in [4.78, 5) is 0. The van der Waals surface area contributed by atoms with E-state index in [1.165, 1.54) is 17.4 Å². The zero-order valence-corrected chi connectivity index (χ0v) is 16.8. The molecule has 0 radical (unpaired) electrons. The van der Waals surface area contributed by atoms with Crippen LogP contribution >= 0.6 is 11.3 Å². The lowest BCUT2D eigenvalue weighted by atomic mass is 10.0. The van der Waals surface area contributed by atoms with E-state index in [-0.39, 0.29) is 6.04 Å². The number of nitrogens with two attached hydrogens (primary N) is 1. The first-order chi connectivity index (χ1) is 14.3. The topological polar surface area (TPSA) is 92.5 Å². The number of anilines is 1. The maximum Gasteiger partial charge on any atom is 0.416 e. The van der Waals surface area contributed by atoms with E-state index in [9.17, 15) is 13.2 Å². The van der Waals surface area contributed by atoms with Crippen LogP contribution in [0.15, 0.2) is 42.5 Å². The highest BCUT2D eigenvalue weighted by atomic mass is 32.1. The summed E-state index contributed by atoms with van der Waals surface area (Å²) in [6.45, 7) is 2.32. The van der Waals surface area contributed by atoms with Gasteiger partial charge < -0.3 is 11.1 Å². The van der Waals surface area contributed by atoms with Crippen molar-refractivity contribution in [3.8, 4) is 10.6 Å². The van der Waals surface area contributed by atoms with Gasteiger partial charge in [0.2, 0.25) is 5.13 Å². The van der Waals surface area contributed by atoms with E-state index in [2.05, 4.69) is 25.7 Å². The lowest BCUT2D eigenvalue weighted by Crippen LogP contribution is -2.31. The number of alkyl halides is 3. The van der Waals surface area contributed by atoms with Gasteiger partial charge in [-0.3, -0.25) is 5.10 Å². The van der Waals surface area contributed by atoms with Gasteiger partial charge in [-0.2, -0.15) is 18.3 Å². The van der Waals surface area contributed by atoms with Crippen molar-refractivity contribution in [3.05, 3.63) is 59.3 Å². The Kier molecular flexibility index (Phi) is 5.44. The first kappa shape index (κ1) is 20.3. The van der Waals surface area contributed by atoms with E-state index >= 15 is 0 Å². The van der Waals surface area contributed by atoms with Crippen LogP contribution in [0.3, 0.4) is 0 Å². The maximum absolute atomic E-state index is 12.8. The number of aryl methyl sites for hydroxylation is 1. The second-order valence-electron chi connectivity index (χ2n) is 7.04. The van der Waals surface area contributed by atoms with Gasteiger partial charge in [0.15, 0.2) is 0 Å². The van der Waals surface area contributed by atoms with Crippen molar-refractivity contribution in [3.63, 3.8) is 0 Å². The van der Waals surface area contributed by atoms with E-state index in [1.54, 1.807) is 6.07 Å². The summed E-state index contributed by atoms with van der Waals surface area (Å²) in [5, 5.41) is 21.0. The third-order valence-electron chi connectivity index (χ3n) is 4.68. The molecule has 4 rings (SSSR count). The van der Waals surface area contributed by atoms with Crippen LogP contribution in [0.4, 0.5) is 18.3 Å². The van der Waals surface area contributed by atoms with Gasteiger partial charge in [0.05, 0.1) is 11.1 Å². The van der Waals surface area contributed by atoms with Crippen molar-refractivity contribution in [1.82, 2.24) is 20.4 Å². The highest BCUT2D eigenvalue weighted by molar-refractivity contribution is 7.18. The molecule has 10 heteroatoms. The normalized spacial score (nSPS) is 13.0. The van der Waals surface area contributed by atoms with Crippen molar-refractivity contribution in [2.45, 2.75) is 25.6 Å². The van der Waals surface area contributed by atoms with Gasteiger partial charge in [0, 0.05) is 29.2 Å². The number of H-pyrrole nitrogens is 1. The largest absolute Gasteiger partial charge is 0.416 e. The Morgan fingerprint density at radius 3 is 2.80 bits per heavy atom. The zero-order valence-electron chi connectivity index (χ0n) is 16.0. The molecule has 4 aromatic rings. The van der Waals surface area contributed by atoms with E-state index < -0.39 is 11.7 Å². The van der Waals surface area contributed by atoms with Crippen molar-refractivity contribution < 1.29 is 13.2 Å². The van der Waals surface area contributed by atoms with Crippen molar-refractivity contribution >= 4 is 27.4 Å². The zero-order chi connectivity index (χ0) is 21.3. The molecule has 30 heavy (non-hydrogen) atoms. The molecule has 0 aliphatic carbocycles. The Morgan fingerprint density at radius 2 is 2.00 bits per heavy atom. The van der Waals surface area contributed by atoms with E-state index in [1.807, 2.05) is 25.1 Å². The van der Waals surface area contributed by atoms with Crippen LogP contribution in [0, 0.1) is 6.92 Å². The number of hydrogen-bond acceptors (Lipinski definition) is 6. The minimum atomic E-state index is -4.36. The van der Waals surface area contributed by atoms with Gasteiger partial charge in [-0.25, -0.2) is 0 Å². The van der Waals surface area contributed by atoms with E-state index in [4.69, 9.17) is 5.73 Å². The Balaban J connectivity index is 1.38. The SMILES string of the molecule is Cc1[nH]nc2ccc(-c3nnc(NC[C@@H](N)Cc4cccc(C(F)(F)F)c4)s3)cc12. The molecule has 0 aliphatic rings. The second-order valence-corrected chi connectivity index (χ2v) is 8.01. The summed E-state index contributed by atoms with van der Waals surface area (Å²) in [5.74, 6) is 0. The quantitative estimate of drug-likeness (QED) is 0.420. The number of halogens is 3. The van der Waals surface area contributed by atoms with Crippen LogP contribution in [0.1, 0.15) is 16.8 Å². The Hall–Kier alpha value is -2.98. The molecule has 0 aliphatic heterocycles. The van der Waals surface area contributed by atoms with Crippen LogP contribution in [0.5, 0.6) is 0 Å². The fourth-order valence-corrected chi connectivity index (χ4v) is 3.90. The number of aromatic amines is 1. The van der Waals surface area contributed by atoms with E-state index in [0.29, 0.717) is 23.7 Å². The molecule has 0 spiro atoms. The summed E-state index contributed by atoms with van der Waals surface area (Å²) in [5.41, 5.74) is 8.78. The number of hydrogen-bond donors (Lipinski definition) is 3. The first-order valence-corrected chi connectivity index (χ1v) is 10.1. The molecule has 2 aromatic heterocycles. The van der Waals surface area contributed by atoms with Gasteiger partial charge in [-0.05, 0) is 43.2 Å². The minimum absolute atomic E-state index is 0.318. The summed E-state index contributed by atoms with van der Waals surface area (Å²) < 4.78 is 38.5. The molecule has 2 heterocycles. The fraction of sp³-hybridized carbons (Fsp3) is 0.250. The average Bonchev–Trinajstić information content (AvgIpc) is 3.33. The number of nitrogens with zero attached hydrogens (tertiary/aromatic N) is 3. The molecular formula is C20H19F3N6S. The Labute approximate surface area is 174 Å². The Morgan fingerprint density at radius 1 is 1.17 bits per heavy atom. The van der Waals surface area contributed by atoms with Gasteiger partial charge in [0.1, 0.15) is 5.01 Å². The fourth-order valence-electron chi connectivity index (χ4n) is 3.15. The highest BCUT2D eigenvalue weighted by Crippen LogP contribution is 2.30. The van der Waals surface area contributed by atoms with Crippen LogP contribution in [0.2, 0.25) is 0 Å². The molecule has 0 fully saturated rings. The molecule has 0 amide bonds. The van der Waals surface area contributed by atoms with Crippen molar-refractivity contribution in [2.75, 3.05) is 11.9 Å². The predicted octanol–water partition coefficient (Wildman–Crippen LogP) is 4.39. The standard InChI is InChI=1S/C20H19F3N6S/c1-11-16-9-13(5-6-17(16)27-26-11)18-28-29-19(30-18)25-10-15(24)8-12-3-2-4-14(7-12)20(21,22)23/h2-7,9,15H,8,10,24H2,1H3,(H,25,29)(H,26,27)/t15-/m0/s1. The monoisotopic (exact) mass is 432 g/mol. The van der Waals surface area contributed by atoms with Crippen molar-refractivity contribution in [2.24, 2.45) is 5.73 Å². The lowest BCUT2D eigenvalue weighted by Gasteiger charge is -2.13. The van der Waals surface area contributed by atoms with Crippen LogP contribution < -0.4 is 11.1 Å². The molecule has 0 saturated carbocycles. The van der Waals surface area contributed by atoms with Gasteiger partial charge in [0.25, 0.3) is 0 Å². The highest BCUT2D eigenvalue weighted by Gasteiger charge is 2.30. The number of benzene rings is 2. The van der Waals surface area contributed by atoms with Gasteiger partial charge in [-0.15, -0.1) is 10.2 Å². The van der Waals surface area contributed by atoms with Crippen molar-refractivity contribution in [1.29, 1.82) is 0 Å². The molecular weight excluding hydrogens is 413 g/mol. The van der Waals surface area contributed by atoms with Crippen LogP contribution in [-0.4, -0.2) is 33.0 Å². The molecule has 4 N–H and O–H groups in total. The van der Waals surface area contributed by atoms with Crippen LogP contribution in [0.25, 0.3) is 21.5 Å². The predicted molar refractivity (Wildman–Crippen MR) is 111 cm³/mol. The lowest BCUT2D eigenvalue weighted by molar-refractivity contribution is -0.137. The average molecular weight is 432 g/mol. The van der Waals surface area contributed by atoms with E-state index in [0.717, 1.165) is 39.3 Å². The Bertz CT molecular complexity index is 1170. The molecule has 6 nitrogen and oxygen atoms in total. The third-order valence-corrected chi connectivity index (χ3v) is 5.61. The molecule has 0 saturated heterocycles. The van der Waals surface area contributed by atoms with Crippen LogP contribution in [-0.2, 0) is 12.6 Å². The molecule has 0 unspecified atom stereocenters. The smallest absolute Gasteiger partial charge is 0.359 e. The number of rotatable bonds is 6. The van der Waals surface area contributed by atoms with Gasteiger partial charge in [-0.1, -0.05) is 29.5 Å². The number of nitrogens with one attached hydrogen (secondary N) is 2. The molecule has 2 aromatic carbocycles. The number of aromatic nitrogens is 4. The maximum atomic E-state index is 12.8. The molecule has 0 bridgehead atoms. The second kappa shape index (κ2) is 8.04. The summed E-state index contributed by atoms with van der Waals surface area (Å²) in [6.07, 6.45) is -4.04. The molecule has 156 valence electrons. The first-order valence-electron chi connectivity index (χ1n) is 9.24. The minimum Gasteiger partial charge on any atom is -0.359 e.